The number of carbonyl (C=O) groups is 1. The highest BCUT2D eigenvalue weighted by Crippen LogP contribution is 2.36. The summed E-state index contributed by atoms with van der Waals surface area (Å²) in [4.78, 5) is 14.7. The minimum Gasteiger partial charge on any atom is -0.493 e. The summed E-state index contributed by atoms with van der Waals surface area (Å²) in [5, 5.41) is 0. The Labute approximate surface area is 208 Å². The van der Waals surface area contributed by atoms with Gasteiger partial charge in [-0.1, -0.05) is 59.9 Å². The van der Waals surface area contributed by atoms with Crippen LogP contribution in [0.4, 0.5) is 10.1 Å². The van der Waals surface area contributed by atoms with Crippen LogP contribution in [0.2, 0.25) is 0 Å². The lowest BCUT2D eigenvalue weighted by molar-refractivity contribution is -0.113. The monoisotopic (exact) mass is 493 g/mol. The van der Waals surface area contributed by atoms with Gasteiger partial charge in [-0.15, -0.1) is 0 Å². The molecule has 4 nitrogen and oxygen atoms in total. The topological polar surface area (TPSA) is 38.8 Å². The average Bonchev–Trinajstić information content (AvgIpc) is 3.07. The maximum absolute atomic E-state index is 13.6. The van der Waals surface area contributed by atoms with Crippen LogP contribution in [0.3, 0.4) is 0 Å². The largest absolute Gasteiger partial charge is 0.493 e. The molecule has 4 rings (SSSR count). The molecule has 0 atom stereocenters. The number of nitrogens with zero attached hydrogens (tertiary/aromatic N) is 1. The summed E-state index contributed by atoms with van der Waals surface area (Å²) < 4.78 is 25.7. The van der Waals surface area contributed by atoms with Gasteiger partial charge in [-0.05, 0) is 67.4 Å². The first-order chi connectivity index (χ1) is 16.4. The van der Waals surface area contributed by atoms with Gasteiger partial charge < -0.3 is 9.47 Å². The fourth-order valence-corrected chi connectivity index (χ4v) is 4.84. The van der Waals surface area contributed by atoms with Crippen LogP contribution in [0.1, 0.15) is 23.1 Å². The van der Waals surface area contributed by atoms with Crippen LogP contribution in [0.5, 0.6) is 11.5 Å². The first kappa shape index (κ1) is 24.0. The lowest BCUT2D eigenvalue weighted by atomic mass is 10.1. The molecule has 7 heteroatoms. The molecule has 0 spiro atoms. The minimum absolute atomic E-state index is 0.268. The Morgan fingerprint density at radius 2 is 1.79 bits per heavy atom. The molecule has 1 fully saturated rings. The summed E-state index contributed by atoms with van der Waals surface area (Å²) in [6.07, 6.45) is 2.51. The van der Waals surface area contributed by atoms with Crippen molar-refractivity contribution in [3.63, 3.8) is 0 Å². The molecule has 0 aliphatic carbocycles. The van der Waals surface area contributed by atoms with E-state index in [1.165, 1.54) is 34.4 Å². The Hall–Kier alpha value is -3.16. The molecule has 0 radical (unpaired) electrons. The molecule has 1 saturated heterocycles. The van der Waals surface area contributed by atoms with Crippen LogP contribution < -0.4 is 14.4 Å². The fourth-order valence-electron chi connectivity index (χ4n) is 3.54. The highest BCUT2D eigenvalue weighted by Gasteiger charge is 2.33. The molecule has 0 saturated carbocycles. The molecule has 174 valence electrons. The second-order valence-electron chi connectivity index (χ2n) is 7.89. The number of ether oxygens (including phenoxy) is 2. The van der Waals surface area contributed by atoms with Gasteiger partial charge >= 0.3 is 0 Å². The van der Waals surface area contributed by atoms with Crippen LogP contribution >= 0.6 is 24.0 Å². The van der Waals surface area contributed by atoms with E-state index in [0.29, 0.717) is 33.9 Å². The van der Waals surface area contributed by atoms with Crippen molar-refractivity contribution in [1.29, 1.82) is 0 Å². The van der Waals surface area contributed by atoms with E-state index in [0.717, 1.165) is 23.3 Å². The van der Waals surface area contributed by atoms with E-state index in [2.05, 4.69) is 13.0 Å². The number of amides is 1. The lowest BCUT2D eigenvalue weighted by Crippen LogP contribution is -2.27. The van der Waals surface area contributed by atoms with E-state index in [4.69, 9.17) is 21.7 Å². The molecule has 34 heavy (non-hydrogen) atoms. The van der Waals surface area contributed by atoms with Crippen molar-refractivity contribution >= 4 is 46.0 Å². The Kier molecular flexibility index (Phi) is 7.65. The standard InChI is InChI=1S/C27H24FNO3S2/c1-18-10-11-24(19(2)14-18)32-13-5-12-31-23-9-3-6-20(15-23)16-25-26(30)29(27(33)34-25)22-8-4-7-21(28)17-22/h3-4,6-11,14-17H,5,12-13H2,1-2H3. The average molecular weight is 494 g/mol. The number of aryl methyl sites for hydroxylation is 2. The Bertz CT molecular complexity index is 1260. The normalized spacial score (nSPS) is 14.7. The molecule has 1 aliphatic heterocycles. The zero-order chi connectivity index (χ0) is 24.1. The minimum atomic E-state index is -0.417. The molecule has 1 heterocycles. The van der Waals surface area contributed by atoms with Gasteiger partial charge in [0.2, 0.25) is 0 Å². The number of carbonyl (C=O) groups excluding carboxylic acids is 1. The number of rotatable bonds is 8. The van der Waals surface area contributed by atoms with Crippen molar-refractivity contribution in [2.24, 2.45) is 0 Å². The predicted octanol–water partition coefficient (Wildman–Crippen LogP) is 6.70. The van der Waals surface area contributed by atoms with Crippen LogP contribution in [0.25, 0.3) is 6.08 Å². The second kappa shape index (κ2) is 10.8. The summed E-state index contributed by atoms with van der Waals surface area (Å²) in [6.45, 7) is 5.17. The van der Waals surface area contributed by atoms with Gasteiger partial charge in [0.1, 0.15) is 17.3 Å². The number of hydrogen-bond donors (Lipinski definition) is 0. The van der Waals surface area contributed by atoms with Gasteiger partial charge in [0, 0.05) is 6.42 Å². The van der Waals surface area contributed by atoms with E-state index in [9.17, 15) is 9.18 Å². The summed E-state index contributed by atoms with van der Waals surface area (Å²) in [5.74, 6) is 0.916. The van der Waals surface area contributed by atoms with E-state index in [-0.39, 0.29) is 5.91 Å². The molecule has 0 N–H and O–H groups in total. The van der Waals surface area contributed by atoms with Crippen molar-refractivity contribution in [1.82, 2.24) is 0 Å². The summed E-state index contributed by atoms with van der Waals surface area (Å²) >= 11 is 6.56. The number of halogens is 1. The molecular formula is C27H24FNO3S2. The number of anilines is 1. The number of thiocarbonyl (C=S) groups is 1. The zero-order valence-corrected chi connectivity index (χ0v) is 20.5. The van der Waals surface area contributed by atoms with Crippen LogP contribution in [0, 0.1) is 19.7 Å². The number of thioether (sulfide) groups is 1. The molecule has 0 bridgehead atoms. The Morgan fingerprint density at radius 3 is 2.59 bits per heavy atom. The maximum Gasteiger partial charge on any atom is 0.270 e. The SMILES string of the molecule is Cc1ccc(OCCCOc2cccc(C=C3SC(=S)N(c4cccc(F)c4)C3=O)c2)c(C)c1. The molecule has 1 amide bonds. The van der Waals surface area contributed by atoms with Crippen molar-refractivity contribution < 1.29 is 18.7 Å². The Morgan fingerprint density at radius 1 is 1.00 bits per heavy atom. The van der Waals surface area contributed by atoms with Gasteiger partial charge in [0.15, 0.2) is 4.32 Å². The summed E-state index contributed by atoms with van der Waals surface area (Å²) in [6, 6.07) is 19.5. The first-order valence-electron chi connectivity index (χ1n) is 10.9. The molecule has 3 aromatic carbocycles. The second-order valence-corrected chi connectivity index (χ2v) is 9.56. The summed E-state index contributed by atoms with van der Waals surface area (Å²) in [7, 11) is 0. The van der Waals surface area contributed by atoms with Gasteiger partial charge in [-0.2, -0.15) is 0 Å². The lowest BCUT2D eigenvalue weighted by Gasteiger charge is -2.14. The quantitative estimate of drug-likeness (QED) is 0.198. The van der Waals surface area contributed by atoms with Crippen molar-refractivity contribution in [3.05, 3.63) is 94.1 Å². The van der Waals surface area contributed by atoms with Crippen molar-refractivity contribution in [2.75, 3.05) is 18.1 Å². The Balaban J connectivity index is 1.34. The molecule has 3 aromatic rings. The van der Waals surface area contributed by atoms with E-state index in [1.807, 2.05) is 43.3 Å². The van der Waals surface area contributed by atoms with Gasteiger partial charge in [-0.3, -0.25) is 9.69 Å². The van der Waals surface area contributed by atoms with Gasteiger partial charge in [0.05, 0.1) is 23.8 Å². The van der Waals surface area contributed by atoms with Gasteiger partial charge in [0.25, 0.3) is 5.91 Å². The van der Waals surface area contributed by atoms with Crippen molar-refractivity contribution in [2.45, 2.75) is 20.3 Å². The summed E-state index contributed by atoms with van der Waals surface area (Å²) in [5.41, 5.74) is 3.58. The number of benzene rings is 3. The predicted molar refractivity (Wildman–Crippen MR) is 140 cm³/mol. The van der Waals surface area contributed by atoms with Crippen LogP contribution in [0.15, 0.2) is 71.6 Å². The van der Waals surface area contributed by atoms with Crippen LogP contribution in [-0.4, -0.2) is 23.4 Å². The van der Waals surface area contributed by atoms with E-state index < -0.39 is 5.82 Å². The van der Waals surface area contributed by atoms with Crippen LogP contribution in [-0.2, 0) is 4.79 Å². The third-order valence-electron chi connectivity index (χ3n) is 5.16. The molecule has 0 aromatic heterocycles. The molecule has 1 aliphatic rings. The van der Waals surface area contributed by atoms with E-state index in [1.54, 1.807) is 18.2 Å². The maximum atomic E-state index is 13.6. The highest BCUT2D eigenvalue weighted by atomic mass is 32.2. The highest BCUT2D eigenvalue weighted by molar-refractivity contribution is 8.27. The third-order valence-corrected chi connectivity index (χ3v) is 6.46. The fraction of sp³-hybridized carbons (Fsp3) is 0.185. The van der Waals surface area contributed by atoms with E-state index >= 15 is 0 Å². The third kappa shape index (κ3) is 5.85. The van der Waals surface area contributed by atoms with Gasteiger partial charge in [-0.25, -0.2) is 4.39 Å². The number of hydrogen-bond acceptors (Lipinski definition) is 5. The molecule has 0 unspecified atom stereocenters. The van der Waals surface area contributed by atoms with Crippen molar-refractivity contribution in [3.8, 4) is 11.5 Å². The molecular weight excluding hydrogens is 469 g/mol. The smallest absolute Gasteiger partial charge is 0.270 e. The first-order valence-corrected chi connectivity index (χ1v) is 12.1. The zero-order valence-electron chi connectivity index (χ0n) is 18.9.